The second-order valence-corrected chi connectivity index (χ2v) is 18.0. The molecule has 320 valence electrons. The maximum atomic E-state index is 6.28. The topological polar surface area (TPSA) is 38.9 Å². The zero-order valence-corrected chi connectivity index (χ0v) is 37.2. The summed E-state index contributed by atoms with van der Waals surface area (Å²) in [5, 5.41) is 2.20. The number of aromatic nitrogens is 2. The molecule has 2 atom stereocenters. The Hall–Kier alpha value is -8.66. The third-order valence-electron chi connectivity index (χ3n) is 14.2. The Bertz CT molecular complexity index is 3700. The van der Waals surface area contributed by atoms with Crippen molar-refractivity contribution < 1.29 is 4.42 Å². The van der Waals surface area contributed by atoms with E-state index in [2.05, 4.69) is 237 Å². The highest BCUT2D eigenvalue weighted by molar-refractivity contribution is 6.06. The lowest BCUT2D eigenvalue weighted by molar-refractivity contribution is 0.456. The third kappa shape index (κ3) is 6.66. The Morgan fingerprint density at radius 2 is 0.882 bits per heavy atom. The lowest BCUT2D eigenvalue weighted by Gasteiger charge is -2.38. The van der Waals surface area contributed by atoms with E-state index in [1.807, 2.05) is 18.2 Å². The molecule has 2 heterocycles. The van der Waals surface area contributed by atoms with Crippen LogP contribution in [0.3, 0.4) is 0 Å². The molecule has 0 spiro atoms. The molecule has 2 aromatic heterocycles. The molecule has 2 unspecified atom stereocenters. The van der Waals surface area contributed by atoms with Gasteiger partial charge in [0, 0.05) is 39.3 Å². The Morgan fingerprint density at radius 3 is 1.60 bits per heavy atom. The van der Waals surface area contributed by atoms with E-state index in [1.165, 1.54) is 33.4 Å². The van der Waals surface area contributed by atoms with Gasteiger partial charge in [-0.15, -0.1) is 0 Å². The summed E-state index contributed by atoms with van der Waals surface area (Å²) in [6.07, 6.45) is 9.26. The number of benzene rings is 9. The molecule has 3 heteroatoms. The van der Waals surface area contributed by atoms with Gasteiger partial charge in [0.05, 0.1) is 16.8 Å². The molecule has 3 nitrogen and oxygen atoms in total. The van der Waals surface area contributed by atoms with Crippen LogP contribution in [0.25, 0.3) is 89.2 Å². The molecule has 0 aliphatic heterocycles. The molecule has 0 saturated heterocycles. The normalized spacial score (nSPS) is 15.6. The lowest BCUT2D eigenvalue weighted by atomic mass is 9.63. The molecule has 0 radical (unpaired) electrons. The summed E-state index contributed by atoms with van der Waals surface area (Å²) in [4.78, 5) is 10.8. The molecule has 0 saturated carbocycles. The fourth-order valence-electron chi connectivity index (χ4n) is 11.1. The number of rotatable bonds is 8. The molecule has 0 N–H and O–H groups in total. The van der Waals surface area contributed by atoms with Crippen molar-refractivity contribution in [3.8, 4) is 67.3 Å². The number of nitrogens with zero attached hydrogens (tertiary/aromatic N) is 2. The maximum Gasteiger partial charge on any atom is 0.160 e. The monoisotopic (exact) mass is 868 g/mol. The molecule has 11 aromatic rings. The van der Waals surface area contributed by atoms with E-state index < -0.39 is 0 Å². The van der Waals surface area contributed by atoms with Crippen molar-refractivity contribution in [3.63, 3.8) is 0 Å². The number of hydrogen-bond acceptors (Lipinski definition) is 3. The second kappa shape index (κ2) is 16.3. The van der Waals surface area contributed by atoms with Crippen LogP contribution in [0.5, 0.6) is 0 Å². The number of allylic oxidation sites excluding steroid dienone is 4. The first kappa shape index (κ1) is 39.7. The molecular weight excluding hydrogens is 825 g/mol. The predicted octanol–water partition coefficient (Wildman–Crippen LogP) is 16.6. The van der Waals surface area contributed by atoms with Crippen LogP contribution in [0.2, 0.25) is 0 Å². The van der Waals surface area contributed by atoms with Gasteiger partial charge in [-0.25, -0.2) is 9.97 Å². The molecule has 0 amide bonds. The average Bonchev–Trinajstić information content (AvgIpc) is 3.95. The van der Waals surface area contributed by atoms with Crippen molar-refractivity contribution in [1.82, 2.24) is 9.97 Å². The lowest BCUT2D eigenvalue weighted by Crippen LogP contribution is -2.34. The number of hydrogen-bond donors (Lipinski definition) is 0. The van der Waals surface area contributed by atoms with E-state index in [1.54, 1.807) is 0 Å². The van der Waals surface area contributed by atoms with Gasteiger partial charge in [-0.3, -0.25) is 0 Å². The van der Waals surface area contributed by atoms with Crippen LogP contribution in [0, 0.1) is 5.92 Å². The van der Waals surface area contributed by atoms with E-state index >= 15 is 0 Å². The van der Waals surface area contributed by atoms with Gasteiger partial charge < -0.3 is 4.42 Å². The summed E-state index contributed by atoms with van der Waals surface area (Å²) in [5.74, 6) is 1.06. The van der Waals surface area contributed by atoms with Crippen molar-refractivity contribution in [2.24, 2.45) is 5.92 Å². The number of furan rings is 1. The SMILES string of the molecule is C1=CC2c3cc(-c4cc(-c5cc(-c6cccc(-c7ccccc7)c6)cc(-c6ccc7oc8ccccc8c7c6)c5)nc(-c5ccccc5)n4)ccc3C(c3ccccc3)(c3ccccc3)C2C=C1. The van der Waals surface area contributed by atoms with Gasteiger partial charge in [-0.2, -0.15) is 0 Å². The first-order chi connectivity index (χ1) is 33.7. The van der Waals surface area contributed by atoms with E-state index in [-0.39, 0.29) is 17.3 Å². The van der Waals surface area contributed by atoms with Crippen LogP contribution in [0.15, 0.2) is 259 Å². The standard InChI is InChI=1S/C65H44N2O/c1-5-18-43(19-6-1)45-22-17-23-46(36-45)49-37-50(47-33-35-63-57(40-47)55-29-14-16-31-62(55)68-63)39-51(38-49)61-42-60(66-64(67-61)44-20-7-2-8-21-44)48-32-34-59-56(41-48)54-28-13-15-30-58(54)65(59,52-24-9-3-10-25-52)53-26-11-4-12-27-53/h1-42,54,58H. The zero-order valence-electron chi connectivity index (χ0n) is 37.2. The van der Waals surface area contributed by atoms with E-state index in [0.29, 0.717) is 5.82 Å². The third-order valence-corrected chi connectivity index (χ3v) is 14.2. The highest BCUT2D eigenvalue weighted by atomic mass is 16.3. The zero-order chi connectivity index (χ0) is 45.0. The molecule has 0 bridgehead atoms. The molecule has 2 aliphatic rings. The van der Waals surface area contributed by atoms with E-state index in [9.17, 15) is 0 Å². The first-order valence-corrected chi connectivity index (χ1v) is 23.5. The predicted molar refractivity (Wildman–Crippen MR) is 279 cm³/mol. The summed E-state index contributed by atoms with van der Waals surface area (Å²) in [6.45, 7) is 0. The van der Waals surface area contributed by atoms with Crippen LogP contribution in [-0.2, 0) is 5.41 Å². The van der Waals surface area contributed by atoms with Crippen LogP contribution in [0.4, 0.5) is 0 Å². The summed E-state index contributed by atoms with van der Waals surface area (Å²) < 4.78 is 6.28. The van der Waals surface area contributed by atoms with Crippen molar-refractivity contribution in [2.75, 3.05) is 0 Å². The quantitative estimate of drug-likeness (QED) is 0.153. The van der Waals surface area contributed by atoms with Gasteiger partial charge in [0.15, 0.2) is 5.82 Å². The molecule has 9 aromatic carbocycles. The van der Waals surface area contributed by atoms with Crippen LogP contribution < -0.4 is 0 Å². The molecule has 68 heavy (non-hydrogen) atoms. The van der Waals surface area contributed by atoms with Crippen LogP contribution in [-0.4, -0.2) is 9.97 Å². The van der Waals surface area contributed by atoms with Crippen molar-refractivity contribution >= 4 is 21.9 Å². The van der Waals surface area contributed by atoms with Crippen molar-refractivity contribution in [2.45, 2.75) is 11.3 Å². The largest absolute Gasteiger partial charge is 0.456 e. The minimum atomic E-state index is -0.366. The Morgan fingerprint density at radius 1 is 0.353 bits per heavy atom. The molecule has 2 aliphatic carbocycles. The first-order valence-electron chi connectivity index (χ1n) is 23.5. The summed E-state index contributed by atoms with van der Waals surface area (Å²) in [6, 6.07) is 82.9. The molecule has 13 rings (SSSR count). The highest BCUT2D eigenvalue weighted by Crippen LogP contribution is 2.60. The van der Waals surface area contributed by atoms with Crippen LogP contribution in [0.1, 0.15) is 28.2 Å². The Kier molecular flexibility index (Phi) is 9.54. The minimum absolute atomic E-state index is 0.181. The number of fused-ring (bicyclic) bond motifs is 6. The van der Waals surface area contributed by atoms with Gasteiger partial charge in [-0.05, 0) is 110 Å². The summed E-state index contributed by atoms with van der Waals surface area (Å²) in [7, 11) is 0. The van der Waals surface area contributed by atoms with Gasteiger partial charge in [0.2, 0.25) is 0 Å². The number of para-hydroxylation sites is 1. The van der Waals surface area contributed by atoms with Gasteiger partial charge in [-0.1, -0.05) is 200 Å². The van der Waals surface area contributed by atoms with E-state index in [0.717, 1.165) is 72.3 Å². The van der Waals surface area contributed by atoms with E-state index in [4.69, 9.17) is 14.4 Å². The Balaban J connectivity index is 1.01. The summed E-state index contributed by atoms with van der Waals surface area (Å²) >= 11 is 0. The average molecular weight is 869 g/mol. The smallest absolute Gasteiger partial charge is 0.160 e. The van der Waals surface area contributed by atoms with Gasteiger partial charge >= 0.3 is 0 Å². The van der Waals surface area contributed by atoms with Crippen LogP contribution >= 0.6 is 0 Å². The minimum Gasteiger partial charge on any atom is -0.456 e. The molecular formula is C65H44N2O. The van der Waals surface area contributed by atoms with Gasteiger partial charge in [0.1, 0.15) is 11.2 Å². The maximum absolute atomic E-state index is 6.28. The van der Waals surface area contributed by atoms with Crippen molar-refractivity contribution in [3.05, 3.63) is 277 Å². The fraction of sp³-hybridized carbons (Fsp3) is 0.0462. The highest BCUT2D eigenvalue weighted by Gasteiger charge is 2.52. The Labute approximate surface area is 396 Å². The second-order valence-electron chi connectivity index (χ2n) is 18.0. The fourth-order valence-corrected chi connectivity index (χ4v) is 11.1. The summed E-state index contributed by atoms with van der Waals surface area (Å²) in [5.41, 5.74) is 18.2. The van der Waals surface area contributed by atoms with Crippen molar-refractivity contribution in [1.29, 1.82) is 0 Å². The molecule has 0 fully saturated rings. The van der Waals surface area contributed by atoms with Gasteiger partial charge in [0.25, 0.3) is 0 Å².